The molecule has 2 aromatic heterocycles. The van der Waals surface area contributed by atoms with E-state index in [0.29, 0.717) is 5.92 Å². The molecule has 6 heteroatoms. The predicted molar refractivity (Wildman–Crippen MR) is 119 cm³/mol. The van der Waals surface area contributed by atoms with Crippen molar-refractivity contribution in [2.45, 2.75) is 44.6 Å². The fourth-order valence-electron chi connectivity index (χ4n) is 4.78. The van der Waals surface area contributed by atoms with E-state index in [1.165, 1.54) is 38.0 Å². The van der Waals surface area contributed by atoms with Crippen molar-refractivity contribution in [3.05, 3.63) is 66.4 Å². The van der Waals surface area contributed by atoms with Crippen LogP contribution in [0, 0.1) is 0 Å². The number of hydrogen-bond donors (Lipinski definition) is 0. The Bertz CT molecular complexity index is 925. The highest BCUT2D eigenvalue weighted by molar-refractivity contribution is 5.39. The van der Waals surface area contributed by atoms with Gasteiger partial charge in [-0.2, -0.15) is 0 Å². The Morgan fingerprint density at radius 3 is 2.30 bits per heavy atom. The maximum atomic E-state index is 4.73. The maximum Gasteiger partial charge on any atom is 0.151 e. The normalized spacial score (nSPS) is 18.6. The second-order valence-corrected chi connectivity index (χ2v) is 8.43. The Morgan fingerprint density at radius 1 is 0.800 bits per heavy atom. The van der Waals surface area contributed by atoms with Gasteiger partial charge in [0.1, 0.15) is 11.6 Å². The van der Waals surface area contributed by atoms with Gasteiger partial charge in [0, 0.05) is 30.9 Å². The third kappa shape index (κ3) is 4.10. The van der Waals surface area contributed by atoms with E-state index in [4.69, 9.17) is 5.10 Å². The first-order valence-electron chi connectivity index (χ1n) is 11.3. The molecule has 6 nitrogen and oxygen atoms in total. The second kappa shape index (κ2) is 8.96. The minimum atomic E-state index is 0.424. The van der Waals surface area contributed by atoms with Crippen molar-refractivity contribution in [3.8, 4) is 5.69 Å². The highest BCUT2D eigenvalue weighted by Crippen LogP contribution is 2.31. The third-order valence-corrected chi connectivity index (χ3v) is 6.42. The largest absolute Gasteiger partial charge is 0.357 e. The fraction of sp³-hybridized carbons (Fsp3) is 0.458. The van der Waals surface area contributed by atoms with E-state index < -0.39 is 0 Å². The number of para-hydroxylation sites is 1. The number of benzene rings is 1. The van der Waals surface area contributed by atoms with Crippen molar-refractivity contribution >= 4 is 5.82 Å². The van der Waals surface area contributed by atoms with Crippen LogP contribution in [0.15, 0.2) is 54.7 Å². The van der Waals surface area contributed by atoms with Crippen LogP contribution in [-0.4, -0.2) is 50.8 Å². The minimum absolute atomic E-state index is 0.424. The van der Waals surface area contributed by atoms with Crippen LogP contribution >= 0.6 is 0 Å². The summed E-state index contributed by atoms with van der Waals surface area (Å²) in [5.74, 6) is 3.69. The molecule has 5 rings (SSSR count). The van der Waals surface area contributed by atoms with Gasteiger partial charge in [0.15, 0.2) is 5.82 Å². The molecule has 4 heterocycles. The summed E-state index contributed by atoms with van der Waals surface area (Å²) >= 11 is 0. The van der Waals surface area contributed by atoms with Gasteiger partial charge in [-0.3, -0.25) is 9.47 Å². The topological polar surface area (TPSA) is 50.1 Å². The zero-order valence-corrected chi connectivity index (χ0v) is 17.5. The van der Waals surface area contributed by atoms with Crippen LogP contribution < -0.4 is 4.90 Å². The van der Waals surface area contributed by atoms with Crippen molar-refractivity contribution < 1.29 is 0 Å². The lowest BCUT2D eigenvalue weighted by molar-refractivity contribution is 0.214. The summed E-state index contributed by atoms with van der Waals surface area (Å²) in [6, 6.07) is 16.8. The van der Waals surface area contributed by atoms with Crippen molar-refractivity contribution in [3.63, 3.8) is 0 Å². The predicted octanol–water partition coefficient (Wildman–Crippen LogP) is 4.03. The molecule has 3 aromatic rings. The Hall–Kier alpha value is -2.73. The van der Waals surface area contributed by atoms with Gasteiger partial charge in [0.2, 0.25) is 0 Å². The van der Waals surface area contributed by atoms with Gasteiger partial charge in [0.05, 0.1) is 6.54 Å². The summed E-state index contributed by atoms with van der Waals surface area (Å²) in [5, 5.41) is 9.42. The Balaban J connectivity index is 1.38. The smallest absolute Gasteiger partial charge is 0.151 e. The minimum Gasteiger partial charge on any atom is -0.357 e. The standard InChI is InChI=1S/C24H30N6/c1-3-9-21(10-4-1)30-23(19-28-15-7-2-8-16-28)26-27-24(30)20-12-17-29(18-13-20)22-11-5-6-14-25-22/h1,3-6,9-11,14,20H,2,7-8,12-13,15-19H2. The molecule has 2 aliphatic heterocycles. The molecule has 1 aromatic carbocycles. The van der Waals surface area contributed by atoms with Gasteiger partial charge in [-0.15, -0.1) is 10.2 Å². The van der Waals surface area contributed by atoms with Crippen molar-refractivity contribution in [2.24, 2.45) is 0 Å². The van der Waals surface area contributed by atoms with Crippen LogP contribution in [0.5, 0.6) is 0 Å². The van der Waals surface area contributed by atoms with Crippen LogP contribution in [0.3, 0.4) is 0 Å². The zero-order valence-electron chi connectivity index (χ0n) is 17.5. The lowest BCUT2D eigenvalue weighted by Crippen LogP contribution is -2.34. The van der Waals surface area contributed by atoms with E-state index in [1.54, 1.807) is 0 Å². The molecular formula is C24H30N6. The molecule has 2 aliphatic rings. The Morgan fingerprint density at radius 2 is 1.57 bits per heavy atom. The Labute approximate surface area is 178 Å². The van der Waals surface area contributed by atoms with Crippen molar-refractivity contribution in [1.29, 1.82) is 0 Å². The number of anilines is 1. The SMILES string of the molecule is c1ccc(-n2c(CN3CCCCC3)nnc2C2CCN(c3ccccn3)CC2)cc1. The summed E-state index contributed by atoms with van der Waals surface area (Å²) in [7, 11) is 0. The zero-order chi connectivity index (χ0) is 20.2. The summed E-state index contributed by atoms with van der Waals surface area (Å²) in [6.45, 7) is 5.23. The third-order valence-electron chi connectivity index (χ3n) is 6.42. The van der Waals surface area contributed by atoms with E-state index in [-0.39, 0.29) is 0 Å². The molecule has 0 amide bonds. The monoisotopic (exact) mass is 402 g/mol. The lowest BCUT2D eigenvalue weighted by Gasteiger charge is -2.32. The van der Waals surface area contributed by atoms with Crippen LogP contribution in [0.25, 0.3) is 5.69 Å². The van der Waals surface area contributed by atoms with E-state index in [0.717, 1.165) is 49.9 Å². The van der Waals surface area contributed by atoms with Gasteiger partial charge in [-0.05, 0) is 63.0 Å². The molecule has 0 N–H and O–H groups in total. The van der Waals surface area contributed by atoms with Gasteiger partial charge < -0.3 is 4.90 Å². The van der Waals surface area contributed by atoms with Crippen LogP contribution in [0.4, 0.5) is 5.82 Å². The summed E-state index contributed by atoms with van der Waals surface area (Å²) in [5.41, 5.74) is 1.18. The van der Waals surface area contributed by atoms with Gasteiger partial charge in [0.25, 0.3) is 0 Å². The number of nitrogens with zero attached hydrogens (tertiary/aromatic N) is 6. The molecule has 0 radical (unpaired) electrons. The average Bonchev–Trinajstić information content (AvgIpc) is 3.24. The summed E-state index contributed by atoms with van der Waals surface area (Å²) < 4.78 is 2.33. The summed E-state index contributed by atoms with van der Waals surface area (Å²) in [6.07, 6.45) is 7.95. The number of pyridine rings is 1. The molecule has 0 spiro atoms. The van der Waals surface area contributed by atoms with Crippen molar-refractivity contribution in [1.82, 2.24) is 24.6 Å². The Kier molecular flexibility index (Phi) is 5.75. The molecule has 2 fully saturated rings. The highest BCUT2D eigenvalue weighted by atomic mass is 15.3. The van der Waals surface area contributed by atoms with E-state index >= 15 is 0 Å². The molecular weight excluding hydrogens is 372 g/mol. The molecule has 0 aliphatic carbocycles. The van der Waals surface area contributed by atoms with E-state index in [2.05, 4.69) is 66.9 Å². The fourth-order valence-corrected chi connectivity index (χ4v) is 4.78. The van der Waals surface area contributed by atoms with E-state index in [1.807, 2.05) is 12.3 Å². The lowest BCUT2D eigenvalue weighted by atomic mass is 9.95. The number of piperidine rings is 2. The van der Waals surface area contributed by atoms with Crippen LogP contribution in [-0.2, 0) is 6.54 Å². The molecule has 0 saturated carbocycles. The van der Waals surface area contributed by atoms with Gasteiger partial charge >= 0.3 is 0 Å². The number of likely N-dealkylation sites (tertiary alicyclic amines) is 1. The second-order valence-electron chi connectivity index (χ2n) is 8.43. The summed E-state index contributed by atoms with van der Waals surface area (Å²) in [4.78, 5) is 9.43. The number of aromatic nitrogens is 4. The first kappa shape index (κ1) is 19.2. The maximum absolute atomic E-state index is 4.73. The molecule has 0 unspecified atom stereocenters. The van der Waals surface area contributed by atoms with Gasteiger partial charge in [-0.25, -0.2) is 4.98 Å². The highest BCUT2D eigenvalue weighted by Gasteiger charge is 2.28. The molecule has 0 bridgehead atoms. The first-order valence-corrected chi connectivity index (χ1v) is 11.3. The van der Waals surface area contributed by atoms with E-state index in [9.17, 15) is 0 Å². The molecule has 156 valence electrons. The van der Waals surface area contributed by atoms with Crippen molar-refractivity contribution in [2.75, 3.05) is 31.1 Å². The first-order chi connectivity index (χ1) is 14.9. The number of hydrogen-bond acceptors (Lipinski definition) is 5. The van der Waals surface area contributed by atoms with Gasteiger partial charge in [-0.1, -0.05) is 30.7 Å². The number of rotatable bonds is 5. The quantitative estimate of drug-likeness (QED) is 0.645. The van der Waals surface area contributed by atoms with Crippen LogP contribution in [0.2, 0.25) is 0 Å². The molecule has 2 saturated heterocycles. The molecule has 0 atom stereocenters. The average molecular weight is 403 g/mol. The van der Waals surface area contributed by atoms with Crippen LogP contribution in [0.1, 0.15) is 49.7 Å². The molecule has 30 heavy (non-hydrogen) atoms.